The van der Waals surface area contributed by atoms with Crippen LogP contribution in [-0.4, -0.2) is 11.6 Å². The second-order valence-corrected chi connectivity index (χ2v) is 6.61. The molecule has 134 valence electrons. The molecule has 0 spiro atoms. The standard InChI is InChI=1S/C24H26O2/c1-19(17-23(25)21-13-5-3-6-14-21)11-9-10-12-20(2)18-24(26)22-15-7-4-8-16-22/h3-8,11-16H,9-10,17-18H2,1-2H3/b19-11+,20-12+. The smallest absolute Gasteiger partial charge is 0.166 e. The maximum Gasteiger partial charge on any atom is 0.166 e. The quantitative estimate of drug-likeness (QED) is 0.307. The normalized spacial score (nSPS) is 12.1. The molecular formula is C24H26O2. The fourth-order valence-corrected chi connectivity index (χ4v) is 2.76. The van der Waals surface area contributed by atoms with E-state index >= 15 is 0 Å². The van der Waals surface area contributed by atoms with Gasteiger partial charge in [0, 0.05) is 24.0 Å². The van der Waals surface area contributed by atoms with Gasteiger partial charge in [-0.05, 0) is 26.7 Å². The lowest BCUT2D eigenvalue weighted by atomic mass is 10.0. The summed E-state index contributed by atoms with van der Waals surface area (Å²) in [5.74, 6) is 0.305. The number of hydrogen-bond acceptors (Lipinski definition) is 2. The van der Waals surface area contributed by atoms with Crippen molar-refractivity contribution in [3.05, 3.63) is 95.1 Å². The molecule has 0 saturated heterocycles. The van der Waals surface area contributed by atoms with E-state index in [0.29, 0.717) is 12.8 Å². The monoisotopic (exact) mass is 346 g/mol. The molecule has 2 aromatic rings. The zero-order valence-corrected chi connectivity index (χ0v) is 15.6. The van der Waals surface area contributed by atoms with Gasteiger partial charge in [0.2, 0.25) is 0 Å². The van der Waals surface area contributed by atoms with Gasteiger partial charge in [-0.1, -0.05) is 84.0 Å². The summed E-state index contributed by atoms with van der Waals surface area (Å²) in [6.45, 7) is 3.99. The van der Waals surface area contributed by atoms with Crippen LogP contribution in [0.1, 0.15) is 60.2 Å². The first-order chi connectivity index (χ1) is 12.6. The Kier molecular flexibility index (Phi) is 7.75. The van der Waals surface area contributed by atoms with Gasteiger partial charge in [-0.3, -0.25) is 9.59 Å². The first-order valence-electron chi connectivity index (χ1n) is 9.04. The van der Waals surface area contributed by atoms with Gasteiger partial charge >= 0.3 is 0 Å². The van der Waals surface area contributed by atoms with Gasteiger partial charge in [0.1, 0.15) is 0 Å². The first kappa shape index (κ1) is 19.6. The molecule has 0 amide bonds. The van der Waals surface area contributed by atoms with E-state index in [0.717, 1.165) is 35.1 Å². The van der Waals surface area contributed by atoms with Crippen LogP contribution in [0.25, 0.3) is 0 Å². The molecule has 2 nitrogen and oxygen atoms in total. The summed E-state index contributed by atoms with van der Waals surface area (Å²) in [5, 5.41) is 0. The molecule has 0 radical (unpaired) electrons. The molecule has 0 saturated carbocycles. The molecule has 0 heterocycles. The fourth-order valence-electron chi connectivity index (χ4n) is 2.76. The minimum absolute atomic E-state index is 0.152. The molecule has 0 unspecified atom stereocenters. The minimum atomic E-state index is 0.152. The molecule has 0 bridgehead atoms. The number of ketones is 2. The van der Waals surface area contributed by atoms with Crippen molar-refractivity contribution in [1.29, 1.82) is 0 Å². The summed E-state index contributed by atoms with van der Waals surface area (Å²) < 4.78 is 0. The molecule has 2 aromatic carbocycles. The molecule has 2 heteroatoms. The Morgan fingerprint density at radius 3 is 1.35 bits per heavy atom. The average molecular weight is 346 g/mol. The van der Waals surface area contributed by atoms with Gasteiger partial charge in [0.15, 0.2) is 11.6 Å². The van der Waals surface area contributed by atoms with Crippen LogP contribution in [0, 0.1) is 0 Å². The van der Waals surface area contributed by atoms with Crippen LogP contribution in [0.5, 0.6) is 0 Å². The summed E-state index contributed by atoms with van der Waals surface area (Å²) in [5.41, 5.74) is 3.70. The van der Waals surface area contributed by atoms with Crippen LogP contribution in [0.3, 0.4) is 0 Å². The Labute approximate surface area is 156 Å². The highest BCUT2D eigenvalue weighted by atomic mass is 16.1. The van der Waals surface area contributed by atoms with Crippen molar-refractivity contribution in [2.75, 3.05) is 0 Å². The molecule has 2 rings (SSSR count). The maximum atomic E-state index is 12.2. The van der Waals surface area contributed by atoms with E-state index in [4.69, 9.17) is 0 Å². The summed E-state index contributed by atoms with van der Waals surface area (Å²) in [7, 11) is 0. The van der Waals surface area contributed by atoms with Crippen molar-refractivity contribution >= 4 is 11.6 Å². The van der Waals surface area contributed by atoms with Gasteiger partial charge < -0.3 is 0 Å². The van der Waals surface area contributed by atoms with E-state index in [-0.39, 0.29) is 11.6 Å². The predicted octanol–water partition coefficient (Wildman–Crippen LogP) is 6.21. The SMILES string of the molecule is C/C(=C\CC/C=C(\C)CC(=O)c1ccccc1)CC(=O)c1ccccc1. The van der Waals surface area contributed by atoms with Gasteiger partial charge in [-0.15, -0.1) is 0 Å². The van der Waals surface area contributed by atoms with E-state index in [9.17, 15) is 9.59 Å². The van der Waals surface area contributed by atoms with Crippen LogP contribution in [0.2, 0.25) is 0 Å². The van der Waals surface area contributed by atoms with E-state index < -0.39 is 0 Å². The molecule has 0 aliphatic carbocycles. The van der Waals surface area contributed by atoms with Crippen molar-refractivity contribution in [3.63, 3.8) is 0 Å². The second-order valence-electron chi connectivity index (χ2n) is 6.61. The van der Waals surface area contributed by atoms with Gasteiger partial charge in [0.25, 0.3) is 0 Å². The highest BCUT2D eigenvalue weighted by Gasteiger charge is 2.06. The molecule has 0 aliphatic rings. The zero-order chi connectivity index (χ0) is 18.8. The van der Waals surface area contributed by atoms with Crippen molar-refractivity contribution in [2.45, 2.75) is 39.5 Å². The number of carbonyl (C=O) groups is 2. The Morgan fingerprint density at radius 1 is 0.654 bits per heavy atom. The molecule has 26 heavy (non-hydrogen) atoms. The molecule has 0 fully saturated rings. The van der Waals surface area contributed by atoms with Crippen LogP contribution in [0.15, 0.2) is 84.0 Å². The van der Waals surface area contributed by atoms with Gasteiger partial charge in [0.05, 0.1) is 0 Å². The average Bonchev–Trinajstić information content (AvgIpc) is 2.66. The topological polar surface area (TPSA) is 34.1 Å². The Bertz CT molecular complexity index is 714. The third kappa shape index (κ3) is 6.64. The second kappa shape index (κ2) is 10.3. The van der Waals surface area contributed by atoms with Gasteiger partial charge in [-0.2, -0.15) is 0 Å². The minimum Gasteiger partial charge on any atom is -0.294 e. The third-order valence-corrected chi connectivity index (χ3v) is 4.22. The first-order valence-corrected chi connectivity index (χ1v) is 9.04. The number of unbranched alkanes of at least 4 members (excludes halogenated alkanes) is 1. The van der Waals surface area contributed by atoms with Crippen LogP contribution in [-0.2, 0) is 0 Å². The van der Waals surface area contributed by atoms with E-state index in [1.165, 1.54) is 0 Å². The number of hydrogen-bond donors (Lipinski definition) is 0. The maximum absolute atomic E-state index is 12.2. The van der Waals surface area contributed by atoms with Crippen molar-refractivity contribution in [3.8, 4) is 0 Å². The van der Waals surface area contributed by atoms with E-state index in [1.807, 2.05) is 74.5 Å². The summed E-state index contributed by atoms with van der Waals surface area (Å²) >= 11 is 0. The lowest BCUT2D eigenvalue weighted by Gasteiger charge is -2.03. The molecular weight excluding hydrogens is 320 g/mol. The molecule has 0 aliphatic heterocycles. The molecule has 0 aromatic heterocycles. The van der Waals surface area contributed by atoms with Gasteiger partial charge in [-0.25, -0.2) is 0 Å². The number of rotatable bonds is 9. The number of Topliss-reactive ketones (excluding diaryl/α,β-unsaturated/α-hetero) is 2. The van der Waals surface area contributed by atoms with E-state index in [2.05, 4.69) is 12.2 Å². The summed E-state index contributed by atoms with van der Waals surface area (Å²) in [6.07, 6.45) is 6.90. The summed E-state index contributed by atoms with van der Waals surface area (Å²) in [6, 6.07) is 18.8. The third-order valence-electron chi connectivity index (χ3n) is 4.22. The lowest BCUT2D eigenvalue weighted by molar-refractivity contribution is 0.0984. The molecule has 0 atom stereocenters. The highest BCUT2D eigenvalue weighted by molar-refractivity contribution is 5.97. The number of allylic oxidation sites excluding steroid dienone is 4. The number of carbonyl (C=O) groups excluding carboxylic acids is 2. The van der Waals surface area contributed by atoms with E-state index in [1.54, 1.807) is 0 Å². The lowest BCUT2D eigenvalue weighted by Crippen LogP contribution is -1.99. The van der Waals surface area contributed by atoms with Crippen molar-refractivity contribution in [1.82, 2.24) is 0 Å². The van der Waals surface area contributed by atoms with Crippen LogP contribution >= 0.6 is 0 Å². The largest absolute Gasteiger partial charge is 0.294 e. The highest BCUT2D eigenvalue weighted by Crippen LogP contribution is 2.13. The predicted molar refractivity (Wildman–Crippen MR) is 108 cm³/mol. The number of benzene rings is 2. The molecule has 0 N–H and O–H groups in total. The van der Waals surface area contributed by atoms with Crippen LogP contribution < -0.4 is 0 Å². The Morgan fingerprint density at radius 2 is 1.00 bits per heavy atom. The Hall–Kier alpha value is -2.74. The Balaban J connectivity index is 1.77. The fraction of sp³-hybridized carbons (Fsp3) is 0.250. The zero-order valence-electron chi connectivity index (χ0n) is 15.6. The van der Waals surface area contributed by atoms with Crippen molar-refractivity contribution < 1.29 is 9.59 Å². The van der Waals surface area contributed by atoms with Crippen LogP contribution in [0.4, 0.5) is 0 Å². The summed E-state index contributed by atoms with van der Waals surface area (Å²) in [4.78, 5) is 24.3. The van der Waals surface area contributed by atoms with Crippen molar-refractivity contribution in [2.24, 2.45) is 0 Å².